The topological polar surface area (TPSA) is 12.0 Å². The molecule has 0 bridgehead atoms. The summed E-state index contributed by atoms with van der Waals surface area (Å²) in [6.07, 6.45) is -9.85. The largest absolute Gasteiger partial charge is 0.416 e. The van der Waals surface area contributed by atoms with Crippen LogP contribution in [0.2, 0.25) is 0 Å². The predicted molar refractivity (Wildman–Crippen MR) is 60.0 cm³/mol. The zero-order valence-electron chi connectivity index (χ0n) is 10.1. The van der Waals surface area contributed by atoms with Gasteiger partial charge in [0.1, 0.15) is 0 Å². The smallest absolute Gasteiger partial charge is 0.385 e. The molecule has 0 aromatic heterocycles. The van der Waals surface area contributed by atoms with Crippen molar-refractivity contribution in [2.75, 3.05) is 11.9 Å². The second kappa shape index (κ2) is 5.71. The highest BCUT2D eigenvalue weighted by Crippen LogP contribution is 2.32. The first-order chi connectivity index (χ1) is 8.59. The Hall–Kier alpha value is -1.40. The van der Waals surface area contributed by atoms with Crippen LogP contribution in [0.15, 0.2) is 18.2 Å². The molecular formula is C12H13F6N. The Bertz CT molecular complexity index is 421. The van der Waals surface area contributed by atoms with Gasteiger partial charge in [0.25, 0.3) is 0 Å². The van der Waals surface area contributed by atoms with E-state index < -0.39 is 24.3 Å². The lowest BCUT2D eigenvalue weighted by atomic mass is 10.1. The molecule has 0 amide bonds. The van der Waals surface area contributed by atoms with Gasteiger partial charge in [0, 0.05) is 18.7 Å². The number of nitrogens with one attached hydrogen (secondary N) is 1. The van der Waals surface area contributed by atoms with Gasteiger partial charge in [-0.15, -0.1) is 0 Å². The van der Waals surface area contributed by atoms with E-state index in [1.54, 1.807) is 6.92 Å². The van der Waals surface area contributed by atoms with Crippen LogP contribution in [-0.4, -0.2) is 12.7 Å². The van der Waals surface area contributed by atoms with E-state index in [0.29, 0.717) is 5.56 Å². The fraction of sp³-hybridized carbons (Fsp3) is 0.500. The summed E-state index contributed by atoms with van der Waals surface area (Å²) in [5, 5.41) is 2.60. The molecule has 0 atom stereocenters. The molecule has 1 N–H and O–H groups in total. The maximum atomic E-state index is 12.5. The summed E-state index contributed by atoms with van der Waals surface area (Å²) >= 11 is 0. The molecule has 0 aliphatic carbocycles. The van der Waals surface area contributed by atoms with E-state index in [4.69, 9.17) is 0 Å². The van der Waals surface area contributed by atoms with Crippen LogP contribution in [0.4, 0.5) is 32.0 Å². The molecule has 7 heteroatoms. The zero-order chi connectivity index (χ0) is 14.7. The van der Waals surface area contributed by atoms with Gasteiger partial charge in [-0.05, 0) is 31.0 Å². The highest BCUT2D eigenvalue weighted by Gasteiger charge is 2.30. The third kappa shape index (κ3) is 5.40. The molecule has 0 fully saturated rings. The summed E-state index contributed by atoms with van der Waals surface area (Å²) in [6, 6.07) is 3.13. The van der Waals surface area contributed by atoms with Crippen LogP contribution in [0.3, 0.4) is 0 Å². The predicted octanol–water partition coefficient (Wildman–Crippen LogP) is 4.77. The number of anilines is 1. The Morgan fingerprint density at radius 3 is 2.21 bits per heavy atom. The lowest BCUT2D eigenvalue weighted by Crippen LogP contribution is -2.12. The van der Waals surface area contributed by atoms with E-state index in [1.807, 2.05) is 0 Å². The summed E-state index contributed by atoms with van der Waals surface area (Å²) in [5.41, 5.74) is -0.0616. The molecule has 0 aliphatic heterocycles. The third-order valence-corrected chi connectivity index (χ3v) is 2.52. The second-order valence-electron chi connectivity index (χ2n) is 4.17. The molecule has 0 aliphatic rings. The highest BCUT2D eigenvalue weighted by atomic mass is 19.4. The maximum absolute atomic E-state index is 12.5. The Balaban J connectivity index is 2.63. The standard InChI is InChI=1S/C12H13F6N/c1-8-3-4-9(12(16,17)18)7-10(8)19-6-2-5-11(13,14)15/h3-4,7,19H,2,5-6H2,1H3. The van der Waals surface area contributed by atoms with Gasteiger partial charge in [-0.2, -0.15) is 26.3 Å². The Morgan fingerprint density at radius 1 is 1.05 bits per heavy atom. The zero-order valence-corrected chi connectivity index (χ0v) is 10.1. The maximum Gasteiger partial charge on any atom is 0.416 e. The van der Waals surface area contributed by atoms with Crippen molar-refractivity contribution in [3.8, 4) is 0 Å². The van der Waals surface area contributed by atoms with Crippen LogP contribution in [0.1, 0.15) is 24.0 Å². The number of aryl methyl sites for hydroxylation is 1. The van der Waals surface area contributed by atoms with Gasteiger partial charge in [-0.3, -0.25) is 0 Å². The molecule has 108 valence electrons. The van der Waals surface area contributed by atoms with Crippen molar-refractivity contribution >= 4 is 5.69 Å². The highest BCUT2D eigenvalue weighted by molar-refractivity contribution is 5.53. The first kappa shape index (κ1) is 15.7. The quantitative estimate of drug-likeness (QED) is 0.620. The molecule has 0 spiro atoms. The van der Waals surface area contributed by atoms with E-state index >= 15 is 0 Å². The van der Waals surface area contributed by atoms with Gasteiger partial charge in [0.15, 0.2) is 0 Å². The number of rotatable bonds is 4. The van der Waals surface area contributed by atoms with Gasteiger partial charge >= 0.3 is 12.4 Å². The Kier molecular flexibility index (Phi) is 4.70. The second-order valence-corrected chi connectivity index (χ2v) is 4.17. The number of alkyl halides is 6. The van der Waals surface area contributed by atoms with E-state index in [9.17, 15) is 26.3 Å². The van der Waals surface area contributed by atoms with Crippen LogP contribution < -0.4 is 5.32 Å². The van der Waals surface area contributed by atoms with Gasteiger partial charge in [0.05, 0.1) is 5.56 Å². The molecule has 0 unspecified atom stereocenters. The number of halogens is 6. The average Bonchev–Trinajstić information content (AvgIpc) is 2.23. The Labute approximate surface area is 106 Å². The number of benzene rings is 1. The van der Waals surface area contributed by atoms with Crippen molar-refractivity contribution in [2.24, 2.45) is 0 Å². The summed E-state index contributed by atoms with van der Waals surface area (Å²) in [7, 11) is 0. The van der Waals surface area contributed by atoms with Gasteiger partial charge in [-0.25, -0.2) is 0 Å². The lowest BCUT2D eigenvalue weighted by Gasteiger charge is -2.13. The molecule has 19 heavy (non-hydrogen) atoms. The number of hydrogen-bond donors (Lipinski definition) is 1. The fourth-order valence-corrected chi connectivity index (χ4v) is 1.50. The van der Waals surface area contributed by atoms with Crippen molar-refractivity contribution in [3.05, 3.63) is 29.3 Å². The molecule has 1 nitrogen and oxygen atoms in total. The summed E-state index contributed by atoms with van der Waals surface area (Å²) < 4.78 is 73.1. The molecule has 1 aromatic carbocycles. The molecule has 0 radical (unpaired) electrons. The van der Waals surface area contributed by atoms with Crippen molar-refractivity contribution in [1.82, 2.24) is 0 Å². The average molecular weight is 285 g/mol. The van der Waals surface area contributed by atoms with Gasteiger partial charge in [-0.1, -0.05) is 6.07 Å². The summed E-state index contributed by atoms with van der Waals surface area (Å²) in [4.78, 5) is 0. The lowest BCUT2D eigenvalue weighted by molar-refractivity contribution is -0.137. The number of hydrogen-bond acceptors (Lipinski definition) is 1. The van der Waals surface area contributed by atoms with Crippen LogP contribution in [0.25, 0.3) is 0 Å². The molecule has 0 saturated carbocycles. The molecule has 1 rings (SSSR count). The van der Waals surface area contributed by atoms with Crippen LogP contribution in [0.5, 0.6) is 0 Å². The van der Waals surface area contributed by atoms with E-state index in [2.05, 4.69) is 5.32 Å². The normalized spacial score (nSPS) is 12.6. The van der Waals surface area contributed by atoms with E-state index in [1.165, 1.54) is 6.07 Å². The summed E-state index contributed by atoms with van der Waals surface area (Å²) in [5.74, 6) is 0. The first-order valence-electron chi connectivity index (χ1n) is 5.58. The van der Waals surface area contributed by atoms with Gasteiger partial charge < -0.3 is 5.32 Å². The monoisotopic (exact) mass is 285 g/mol. The minimum Gasteiger partial charge on any atom is -0.385 e. The van der Waals surface area contributed by atoms with Crippen LogP contribution >= 0.6 is 0 Å². The van der Waals surface area contributed by atoms with Gasteiger partial charge in [0.2, 0.25) is 0 Å². The van der Waals surface area contributed by atoms with E-state index in [0.717, 1.165) is 12.1 Å². The van der Waals surface area contributed by atoms with Crippen molar-refractivity contribution in [2.45, 2.75) is 32.1 Å². The van der Waals surface area contributed by atoms with Crippen LogP contribution in [-0.2, 0) is 6.18 Å². The minimum absolute atomic E-state index is 0.0261. The van der Waals surface area contributed by atoms with Crippen LogP contribution in [0, 0.1) is 6.92 Å². The van der Waals surface area contributed by atoms with Crippen molar-refractivity contribution in [3.63, 3.8) is 0 Å². The molecule has 1 aromatic rings. The first-order valence-corrected chi connectivity index (χ1v) is 5.58. The molecular weight excluding hydrogens is 272 g/mol. The van der Waals surface area contributed by atoms with Crippen molar-refractivity contribution < 1.29 is 26.3 Å². The van der Waals surface area contributed by atoms with E-state index in [-0.39, 0.29) is 18.7 Å². The van der Waals surface area contributed by atoms with Crippen molar-refractivity contribution in [1.29, 1.82) is 0 Å². The summed E-state index contributed by atoms with van der Waals surface area (Å²) in [6.45, 7) is 1.56. The molecule has 0 heterocycles. The Morgan fingerprint density at radius 2 is 1.68 bits per heavy atom. The fourth-order valence-electron chi connectivity index (χ4n) is 1.50. The SMILES string of the molecule is Cc1ccc(C(F)(F)F)cc1NCCCC(F)(F)F. The third-order valence-electron chi connectivity index (χ3n) is 2.52. The molecule has 0 saturated heterocycles. The minimum atomic E-state index is -4.46.